The highest BCUT2D eigenvalue weighted by molar-refractivity contribution is 7.92. The summed E-state index contributed by atoms with van der Waals surface area (Å²) in [5.74, 6) is -1.76. The number of ether oxygens (including phenoxy) is 1. The van der Waals surface area contributed by atoms with Gasteiger partial charge in [-0.3, -0.25) is 25.2 Å². The normalized spacial score (nSPS) is 11.4. The zero-order chi connectivity index (χ0) is 24.8. The maximum atomic E-state index is 12.7. The topological polar surface area (TPSA) is 114 Å². The van der Waals surface area contributed by atoms with Gasteiger partial charge in [0.2, 0.25) is 0 Å². The molecule has 2 amide bonds. The third kappa shape index (κ3) is 6.72. The predicted octanol–water partition coefficient (Wildman–Crippen LogP) is 3.35. The maximum Gasteiger partial charge on any atom is 0.416 e. The Bertz CT molecular complexity index is 1280. The largest absolute Gasteiger partial charge is 0.484 e. The predicted molar refractivity (Wildman–Crippen MR) is 116 cm³/mol. The molecule has 0 unspecified atom stereocenters. The van der Waals surface area contributed by atoms with Gasteiger partial charge in [-0.25, -0.2) is 8.42 Å². The molecule has 0 saturated heterocycles. The minimum Gasteiger partial charge on any atom is -0.484 e. The second-order valence-corrected chi connectivity index (χ2v) is 8.50. The second kappa shape index (κ2) is 10.3. The summed E-state index contributed by atoms with van der Waals surface area (Å²) < 4.78 is 70.4. The molecule has 0 bridgehead atoms. The van der Waals surface area contributed by atoms with E-state index >= 15 is 0 Å². The van der Waals surface area contributed by atoms with Crippen LogP contribution in [0.2, 0.25) is 0 Å². The number of sulfonamides is 1. The van der Waals surface area contributed by atoms with Crippen LogP contribution in [0.1, 0.15) is 15.9 Å². The lowest BCUT2D eigenvalue weighted by Crippen LogP contribution is -2.43. The van der Waals surface area contributed by atoms with Crippen LogP contribution < -0.4 is 20.3 Å². The molecule has 0 aromatic heterocycles. The number of anilines is 1. The van der Waals surface area contributed by atoms with Crippen LogP contribution in [0.5, 0.6) is 5.75 Å². The minimum absolute atomic E-state index is 0.0346. The standard InChI is InChI=1S/C22H18F3N3O5S/c23-22(24,25)16-7-5-9-18(13-16)33-14-20(29)26-27-21(30)15-6-4-8-17(12-15)28-34(31,32)19-10-2-1-3-11-19/h1-13,28H,14H2,(H,26,29)(H,27,30). The first-order valence-corrected chi connectivity index (χ1v) is 11.1. The fourth-order valence-electron chi connectivity index (χ4n) is 2.68. The molecule has 3 rings (SSSR count). The first kappa shape index (κ1) is 24.6. The third-order valence-electron chi connectivity index (χ3n) is 4.28. The molecule has 3 aromatic rings. The van der Waals surface area contributed by atoms with Crippen molar-refractivity contribution < 1.29 is 35.9 Å². The molecule has 0 heterocycles. The van der Waals surface area contributed by atoms with Crippen molar-refractivity contribution >= 4 is 27.5 Å². The Morgan fingerprint density at radius 1 is 0.853 bits per heavy atom. The average Bonchev–Trinajstić information content (AvgIpc) is 2.81. The Morgan fingerprint density at radius 3 is 2.26 bits per heavy atom. The Labute approximate surface area is 192 Å². The summed E-state index contributed by atoms with van der Waals surface area (Å²) >= 11 is 0. The van der Waals surface area contributed by atoms with Crippen molar-refractivity contribution in [2.45, 2.75) is 11.1 Å². The molecule has 12 heteroatoms. The van der Waals surface area contributed by atoms with E-state index in [4.69, 9.17) is 4.74 Å². The monoisotopic (exact) mass is 493 g/mol. The van der Waals surface area contributed by atoms with Crippen LogP contribution in [-0.2, 0) is 21.0 Å². The van der Waals surface area contributed by atoms with Crippen molar-refractivity contribution in [3.63, 3.8) is 0 Å². The molecule has 0 aliphatic carbocycles. The van der Waals surface area contributed by atoms with E-state index < -0.39 is 40.2 Å². The summed E-state index contributed by atoms with van der Waals surface area (Å²) in [6.07, 6.45) is -4.56. The van der Waals surface area contributed by atoms with Gasteiger partial charge in [0.15, 0.2) is 6.61 Å². The quantitative estimate of drug-likeness (QED) is 0.437. The Morgan fingerprint density at radius 2 is 1.56 bits per heavy atom. The van der Waals surface area contributed by atoms with E-state index in [-0.39, 0.29) is 21.9 Å². The molecule has 0 aliphatic heterocycles. The number of halogens is 3. The van der Waals surface area contributed by atoms with E-state index in [0.29, 0.717) is 0 Å². The first-order chi connectivity index (χ1) is 16.0. The lowest BCUT2D eigenvalue weighted by atomic mass is 10.2. The van der Waals surface area contributed by atoms with Gasteiger partial charge < -0.3 is 4.74 Å². The Kier molecular flexibility index (Phi) is 7.41. The molecular weight excluding hydrogens is 475 g/mol. The lowest BCUT2D eigenvalue weighted by molar-refractivity contribution is -0.137. The number of carbonyl (C=O) groups excluding carboxylic acids is 2. The van der Waals surface area contributed by atoms with Gasteiger partial charge in [-0.05, 0) is 48.5 Å². The van der Waals surface area contributed by atoms with Crippen molar-refractivity contribution in [2.75, 3.05) is 11.3 Å². The van der Waals surface area contributed by atoms with Crippen LogP contribution in [0, 0.1) is 0 Å². The smallest absolute Gasteiger partial charge is 0.416 e. The summed E-state index contributed by atoms with van der Waals surface area (Å²) in [6, 6.07) is 17.2. The number of hydrogen-bond donors (Lipinski definition) is 3. The van der Waals surface area contributed by atoms with Gasteiger partial charge in [0, 0.05) is 11.3 Å². The molecule has 3 aromatic carbocycles. The fourth-order valence-corrected chi connectivity index (χ4v) is 3.75. The SMILES string of the molecule is O=C(COc1cccc(C(F)(F)F)c1)NNC(=O)c1cccc(NS(=O)(=O)c2ccccc2)c1. The van der Waals surface area contributed by atoms with E-state index in [1.165, 1.54) is 42.5 Å². The van der Waals surface area contributed by atoms with Gasteiger partial charge >= 0.3 is 6.18 Å². The van der Waals surface area contributed by atoms with Gasteiger partial charge in [-0.15, -0.1) is 0 Å². The van der Waals surface area contributed by atoms with Crippen molar-refractivity contribution in [1.29, 1.82) is 0 Å². The zero-order valence-corrected chi connectivity index (χ0v) is 18.1. The van der Waals surface area contributed by atoms with Crippen LogP contribution in [0.3, 0.4) is 0 Å². The van der Waals surface area contributed by atoms with Gasteiger partial charge in [0.1, 0.15) is 5.75 Å². The Balaban J connectivity index is 1.55. The molecule has 0 aliphatic rings. The first-order valence-electron chi connectivity index (χ1n) is 9.62. The summed E-state index contributed by atoms with van der Waals surface area (Å²) in [7, 11) is -3.87. The number of alkyl halides is 3. The number of benzene rings is 3. The fraction of sp³-hybridized carbons (Fsp3) is 0.0909. The number of amides is 2. The number of hydrazine groups is 1. The minimum atomic E-state index is -4.56. The molecular formula is C22H18F3N3O5S. The third-order valence-corrected chi connectivity index (χ3v) is 5.67. The summed E-state index contributed by atoms with van der Waals surface area (Å²) in [5, 5.41) is 0. The Hall–Kier alpha value is -4.06. The lowest BCUT2D eigenvalue weighted by Gasteiger charge is -2.12. The highest BCUT2D eigenvalue weighted by atomic mass is 32.2. The van der Waals surface area contributed by atoms with Crippen molar-refractivity contribution in [1.82, 2.24) is 10.9 Å². The van der Waals surface area contributed by atoms with Crippen molar-refractivity contribution in [3.8, 4) is 5.75 Å². The maximum absolute atomic E-state index is 12.7. The van der Waals surface area contributed by atoms with E-state index in [1.807, 2.05) is 0 Å². The number of carbonyl (C=O) groups is 2. The zero-order valence-electron chi connectivity index (χ0n) is 17.3. The van der Waals surface area contributed by atoms with Crippen molar-refractivity contribution in [3.05, 3.63) is 90.0 Å². The van der Waals surface area contributed by atoms with Gasteiger partial charge in [-0.2, -0.15) is 13.2 Å². The number of nitrogens with one attached hydrogen (secondary N) is 3. The van der Waals surface area contributed by atoms with Gasteiger partial charge in [-0.1, -0.05) is 30.3 Å². The van der Waals surface area contributed by atoms with E-state index in [0.717, 1.165) is 18.2 Å². The van der Waals surface area contributed by atoms with Crippen molar-refractivity contribution in [2.24, 2.45) is 0 Å². The van der Waals surface area contributed by atoms with Crippen LogP contribution in [0.4, 0.5) is 18.9 Å². The molecule has 0 fully saturated rings. The molecule has 178 valence electrons. The molecule has 0 radical (unpaired) electrons. The van der Waals surface area contributed by atoms with E-state index in [9.17, 15) is 31.2 Å². The molecule has 0 atom stereocenters. The van der Waals surface area contributed by atoms with Crippen LogP contribution >= 0.6 is 0 Å². The molecule has 0 spiro atoms. The van der Waals surface area contributed by atoms with Crippen LogP contribution in [0.25, 0.3) is 0 Å². The van der Waals surface area contributed by atoms with Crippen LogP contribution in [-0.4, -0.2) is 26.8 Å². The summed E-state index contributed by atoms with van der Waals surface area (Å²) in [5.41, 5.74) is 3.41. The van der Waals surface area contributed by atoms with Gasteiger partial charge in [0.25, 0.3) is 21.8 Å². The van der Waals surface area contributed by atoms with E-state index in [1.54, 1.807) is 18.2 Å². The van der Waals surface area contributed by atoms with Crippen LogP contribution in [0.15, 0.2) is 83.8 Å². The van der Waals surface area contributed by atoms with E-state index in [2.05, 4.69) is 15.6 Å². The average molecular weight is 493 g/mol. The summed E-state index contributed by atoms with van der Waals surface area (Å²) in [4.78, 5) is 24.2. The molecule has 3 N–H and O–H groups in total. The number of hydrogen-bond acceptors (Lipinski definition) is 5. The molecule has 8 nitrogen and oxygen atoms in total. The number of rotatable bonds is 7. The second-order valence-electron chi connectivity index (χ2n) is 6.82. The highest BCUT2D eigenvalue weighted by Gasteiger charge is 2.30. The van der Waals surface area contributed by atoms with Gasteiger partial charge in [0.05, 0.1) is 10.5 Å². The molecule has 34 heavy (non-hydrogen) atoms. The molecule has 0 saturated carbocycles. The summed E-state index contributed by atoms with van der Waals surface area (Å²) in [6.45, 7) is -0.654. The highest BCUT2D eigenvalue weighted by Crippen LogP contribution is 2.31.